The Morgan fingerprint density at radius 3 is 2.44 bits per heavy atom. The molecular weight excluding hydrogens is 236 g/mol. The Kier molecular flexibility index (Phi) is 3.40. The molecule has 0 aromatic heterocycles. The summed E-state index contributed by atoms with van der Waals surface area (Å²) in [6, 6.07) is 3.76. The van der Waals surface area contributed by atoms with Crippen molar-refractivity contribution in [3.63, 3.8) is 0 Å². The molecule has 6 nitrogen and oxygen atoms in total. The number of carbonyl (C=O) groups excluding carboxylic acids is 1. The first-order valence-electron chi connectivity index (χ1n) is 5.69. The van der Waals surface area contributed by atoms with Crippen LogP contribution >= 0.6 is 0 Å². The van der Waals surface area contributed by atoms with Crippen LogP contribution in [0.4, 0.5) is 0 Å². The summed E-state index contributed by atoms with van der Waals surface area (Å²) in [6.45, 7) is 0.910. The first kappa shape index (κ1) is 12.7. The minimum Gasteiger partial charge on any atom is -0.507 e. The molecule has 2 rings (SSSR count). The molecule has 2 atom stereocenters. The number of nitrogens with zero attached hydrogens (tertiary/aromatic N) is 1. The molecule has 1 saturated heterocycles. The Hall–Kier alpha value is -1.79. The maximum atomic E-state index is 12.2. The Morgan fingerprint density at radius 2 is 1.94 bits per heavy atom. The minimum absolute atomic E-state index is 0.140. The number of likely N-dealkylation sites (N-methyl/N-ethyl adjacent to an activating group) is 1. The fraction of sp³-hybridized carbons (Fsp3) is 0.417. The largest absolute Gasteiger partial charge is 0.507 e. The molecule has 1 aromatic rings. The van der Waals surface area contributed by atoms with Crippen molar-refractivity contribution in [3.05, 3.63) is 23.8 Å². The van der Waals surface area contributed by atoms with Gasteiger partial charge in [0.05, 0.1) is 12.1 Å². The SMILES string of the molecule is CN(C(=O)c1c(O)cccc1O)[C@@H]1CNC[C@H]1O. The zero-order valence-corrected chi connectivity index (χ0v) is 10.00. The molecule has 1 aliphatic heterocycles. The monoisotopic (exact) mass is 252 g/mol. The van der Waals surface area contributed by atoms with E-state index >= 15 is 0 Å². The lowest BCUT2D eigenvalue weighted by atomic mass is 10.1. The number of hydrogen-bond donors (Lipinski definition) is 4. The van der Waals surface area contributed by atoms with Crippen molar-refractivity contribution in [2.75, 3.05) is 20.1 Å². The number of aliphatic hydroxyl groups excluding tert-OH is 1. The first-order chi connectivity index (χ1) is 8.52. The van der Waals surface area contributed by atoms with Crippen molar-refractivity contribution in [2.24, 2.45) is 0 Å². The van der Waals surface area contributed by atoms with Crippen LogP contribution in [0.15, 0.2) is 18.2 Å². The highest BCUT2D eigenvalue weighted by Crippen LogP contribution is 2.28. The van der Waals surface area contributed by atoms with Gasteiger partial charge in [-0.15, -0.1) is 0 Å². The number of rotatable bonds is 2. The van der Waals surface area contributed by atoms with E-state index in [1.54, 1.807) is 0 Å². The van der Waals surface area contributed by atoms with Crippen LogP contribution in [0.1, 0.15) is 10.4 Å². The number of hydrogen-bond acceptors (Lipinski definition) is 5. The number of phenolic OH excluding ortho intramolecular Hbond substituents is 2. The number of phenols is 2. The van der Waals surface area contributed by atoms with Crippen LogP contribution in [0.3, 0.4) is 0 Å². The fourth-order valence-electron chi connectivity index (χ4n) is 2.12. The Bertz CT molecular complexity index is 443. The molecule has 1 heterocycles. The van der Waals surface area contributed by atoms with Crippen LogP contribution in [-0.4, -0.2) is 58.4 Å². The number of carbonyl (C=O) groups is 1. The number of benzene rings is 1. The van der Waals surface area contributed by atoms with Crippen LogP contribution in [0.2, 0.25) is 0 Å². The highest BCUT2D eigenvalue weighted by atomic mass is 16.3. The average Bonchev–Trinajstić information content (AvgIpc) is 2.74. The van der Waals surface area contributed by atoms with Gasteiger partial charge in [-0.1, -0.05) is 6.07 Å². The summed E-state index contributed by atoms with van der Waals surface area (Å²) >= 11 is 0. The molecule has 4 N–H and O–H groups in total. The van der Waals surface area contributed by atoms with E-state index in [9.17, 15) is 20.1 Å². The Balaban J connectivity index is 2.26. The molecule has 0 bridgehead atoms. The second kappa shape index (κ2) is 4.83. The van der Waals surface area contributed by atoms with E-state index in [0.717, 1.165) is 0 Å². The van der Waals surface area contributed by atoms with Crippen LogP contribution in [-0.2, 0) is 0 Å². The van der Waals surface area contributed by atoms with E-state index in [4.69, 9.17) is 0 Å². The molecule has 1 aliphatic rings. The molecular formula is C12H16N2O4. The summed E-state index contributed by atoms with van der Waals surface area (Å²) in [4.78, 5) is 13.5. The van der Waals surface area contributed by atoms with Crippen molar-refractivity contribution in [1.29, 1.82) is 0 Å². The van der Waals surface area contributed by atoms with Gasteiger partial charge in [-0.05, 0) is 12.1 Å². The standard InChI is InChI=1S/C12H16N2O4/c1-14(7-5-13-6-10(7)17)12(18)11-8(15)3-2-4-9(11)16/h2-4,7,10,13,15-17H,5-6H2,1H3/t7-,10-/m1/s1. The zero-order valence-electron chi connectivity index (χ0n) is 10.00. The summed E-state index contributed by atoms with van der Waals surface area (Å²) in [5.74, 6) is -1.06. The van der Waals surface area contributed by atoms with Crippen molar-refractivity contribution < 1.29 is 20.1 Å². The summed E-state index contributed by atoms with van der Waals surface area (Å²) < 4.78 is 0. The number of amides is 1. The lowest BCUT2D eigenvalue weighted by Crippen LogP contribution is -2.44. The third-order valence-electron chi connectivity index (χ3n) is 3.20. The van der Waals surface area contributed by atoms with Gasteiger partial charge in [0, 0.05) is 20.1 Å². The molecule has 1 amide bonds. The maximum Gasteiger partial charge on any atom is 0.261 e. The van der Waals surface area contributed by atoms with E-state index in [0.29, 0.717) is 13.1 Å². The predicted octanol–water partition coefficient (Wildman–Crippen LogP) is -0.498. The van der Waals surface area contributed by atoms with Crippen molar-refractivity contribution in [3.8, 4) is 11.5 Å². The van der Waals surface area contributed by atoms with E-state index in [1.165, 1.54) is 30.1 Å². The van der Waals surface area contributed by atoms with E-state index in [1.807, 2.05) is 0 Å². The smallest absolute Gasteiger partial charge is 0.261 e. The topological polar surface area (TPSA) is 93.0 Å². The van der Waals surface area contributed by atoms with Gasteiger partial charge in [0.2, 0.25) is 0 Å². The second-order valence-corrected chi connectivity index (χ2v) is 4.38. The van der Waals surface area contributed by atoms with Crippen molar-refractivity contribution in [1.82, 2.24) is 10.2 Å². The van der Waals surface area contributed by atoms with Gasteiger partial charge >= 0.3 is 0 Å². The molecule has 1 aromatic carbocycles. The molecule has 0 unspecified atom stereocenters. The molecule has 18 heavy (non-hydrogen) atoms. The van der Waals surface area contributed by atoms with E-state index in [2.05, 4.69) is 5.32 Å². The molecule has 98 valence electrons. The van der Waals surface area contributed by atoms with E-state index in [-0.39, 0.29) is 23.1 Å². The molecule has 1 fully saturated rings. The minimum atomic E-state index is -0.646. The highest BCUT2D eigenvalue weighted by Gasteiger charge is 2.33. The quantitative estimate of drug-likeness (QED) is 0.569. The number of nitrogens with one attached hydrogen (secondary N) is 1. The van der Waals surface area contributed by atoms with Crippen LogP contribution < -0.4 is 5.32 Å². The Labute approximate surface area is 104 Å². The summed E-state index contributed by atoms with van der Waals surface area (Å²) in [5.41, 5.74) is -0.140. The third-order valence-corrected chi connectivity index (χ3v) is 3.20. The fourth-order valence-corrected chi connectivity index (χ4v) is 2.12. The van der Waals surface area contributed by atoms with Gasteiger partial charge in [-0.2, -0.15) is 0 Å². The van der Waals surface area contributed by atoms with Crippen LogP contribution in [0, 0.1) is 0 Å². The van der Waals surface area contributed by atoms with Gasteiger partial charge in [0.25, 0.3) is 5.91 Å². The average molecular weight is 252 g/mol. The Morgan fingerprint density at radius 1 is 1.33 bits per heavy atom. The second-order valence-electron chi connectivity index (χ2n) is 4.38. The molecule has 0 aliphatic carbocycles. The summed E-state index contributed by atoms with van der Waals surface area (Å²) in [7, 11) is 1.54. The van der Waals surface area contributed by atoms with Crippen molar-refractivity contribution in [2.45, 2.75) is 12.1 Å². The highest BCUT2D eigenvalue weighted by molar-refractivity contribution is 5.99. The predicted molar refractivity (Wildman–Crippen MR) is 64.5 cm³/mol. The van der Waals surface area contributed by atoms with Gasteiger partial charge in [0.1, 0.15) is 17.1 Å². The third kappa shape index (κ3) is 2.12. The first-order valence-corrected chi connectivity index (χ1v) is 5.69. The summed E-state index contributed by atoms with van der Waals surface area (Å²) in [5, 5.41) is 31.9. The van der Waals surface area contributed by atoms with Gasteiger partial charge in [-0.25, -0.2) is 0 Å². The molecule has 0 saturated carbocycles. The van der Waals surface area contributed by atoms with Crippen LogP contribution in [0.25, 0.3) is 0 Å². The lowest BCUT2D eigenvalue weighted by Gasteiger charge is -2.26. The molecule has 6 heteroatoms. The van der Waals surface area contributed by atoms with Crippen molar-refractivity contribution >= 4 is 5.91 Å². The molecule has 0 radical (unpaired) electrons. The number of aromatic hydroxyl groups is 2. The number of aliphatic hydroxyl groups is 1. The normalized spacial score (nSPS) is 23.0. The summed E-state index contributed by atoms with van der Waals surface area (Å²) in [6.07, 6.45) is -0.646. The van der Waals surface area contributed by atoms with Gasteiger partial charge in [-0.3, -0.25) is 4.79 Å². The maximum absolute atomic E-state index is 12.2. The number of β-amino-alcohol motifs (C(OH)–C–C–N with tert-alkyl or cyclic N) is 1. The lowest BCUT2D eigenvalue weighted by molar-refractivity contribution is 0.0575. The zero-order chi connectivity index (χ0) is 13.3. The van der Waals surface area contributed by atoms with Gasteiger partial charge in [0.15, 0.2) is 0 Å². The van der Waals surface area contributed by atoms with E-state index < -0.39 is 12.0 Å². The van der Waals surface area contributed by atoms with Gasteiger partial charge < -0.3 is 25.5 Å². The molecule has 0 spiro atoms. The van der Waals surface area contributed by atoms with Crippen LogP contribution in [0.5, 0.6) is 11.5 Å².